The molecule has 0 atom stereocenters. The fourth-order valence-electron chi connectivity index (χ4n) is 1.25. The lowest BCUT2D eigenvalue weighted by atomic mass is 10.2. The zero-order valence-corrected chi connectivity index (χ0v) is 9.12. The van der Waals surface area contributed by atoms with Crippen LogP contribution in [0.4, 0.5) is 0 Å². The van der Waals surface area contributed by atoms with Gasteiger partial charge in [-0.1, -0.05) is 6.07 Å². The summed E-state index contributed by atoms with van der Waals surface area (Å²) in [5.74, 6) is 0.0260. The Labute approximate surface area is 91.8 Å². The van der Waals surface area contributed by atoms with Crippen LogP contribution in [0.25, 0.3) is 0 Å². The van der Waals surface area contributed by atoms with Crippen LogP contribution in [0.15, 0.2) is 29.8 Å². The molecule has 2 aromatic rings. The number of rotatable bonds is 3. The van der Waals surface area contributed by atoms with Crippen LogP contribution < -0.4 is 0 Å². The van der Waals surface area contributed by atoms with Gasteiger partial charge in [-0.05, 0) is 19.1 Å². The lowest BCUT2D eigenvalue weighted by Crippen LogP contribution is -2.05. The lowest BCUT2D eigenvalue weighted by Gasteiger charge is -1.96. The second-order valence-corrected chi connectivity index (χ2v) is 4.24. The van der Waals surface area contributed by atoms with Gasteiger partial charge in [0.15, 0.2) is 5.78 Å². The molecule has 0 bridgehead atoms. The molecule has 0 spiro atoms. The van der Waals surface area contributed by atoms with Crippen molar-refractivity contribution in [2.45, 2.75) is 13.3 Å². The molecule has 0 radical (unpaired) electrons. The van der Waals surface area contributed by atoms with Gasteiger partial charge in [0.2, 0.25) is 0 Å². The first-order valence-corrected chi connectivity index (χ1v) is 5.49. The highest BCUT2D eigenvalue weighted by Gasteiger charge is 2.10. The third kappa shape index (κ3) is 2.47. The highest BCUT2D eigenvalue weighted by atomic mass is 32.1. The third-order valence-corrected chi connectivity index (χ3v) is 2.75. The van der Waals surface area contributed by atoms with Gasteiger partial charge >= 0.3 is 0 Å². The average molecular weight is 218 g/mol. The van der Waals surface area contributed by atoms with E-state index in [0.717, 1.165) is 10.7 Å². The van der Waals surface area contributed by atoms with E-state index < -0.39 is 0 Å². The number of carbonyl (C=O) groups excluding carboxylic acids is 1. The van der Waals surface area contributed by atoms with Crippen LogP contribution in [-0.4, -0.2) is 15.8 Å². The summed E-state index contributed by atoms with van der Waals surface area (Å²) in [6.45, 7) is 1.89. The summed E-state index contributed by atoms with van der Waals surface area (Å²) < 4.78 is 0. The quantitative estimate of drug-likeness (QED) is 0.742. The van der Waals surface area contributed by atoms with Gasteiger partial charge in [0.05, 0.1) is 11.4 Å². The molecule has 0 unspecified atom stereocenters. The van der Waals surface area contributed by atoms with E-state index >= 15 is 0 Å². The van der Waals surface area contributed by atoms with Crippen LogP contribution >= 0.6 is 11.3 Å². The van der Waals surface area contributed by atoms with Crippen LogP contribution in [0, 0.1) is 6.92 Å². The molecule has 4 heteroatoms. The van der Waals surface area contributed by atoms with Crippen molar-refractivity contribution < 1.29 is 4.79 Å². The molecule has 2 heterocycles. The molecule has 0 amide bonds. The van der Waals surface area contributed by atoms with E-state index in [1.165, 1.54) is 11.3 Å². The number of pyridine rings is 1. The average Bonchev–Trinajstić information content (AvgIpc) is 2.66. The van der Waals surface area contributed by atoms with Crippen molar-refractivity contribution in [2.75, 3.05) is 0 Å². The van der Waals surface area contributed by atoms with Gasteiger partial charge in [0.25, 0.3) is 0 Å². The number of aryl methyl sites for hydroxylation is 1. The topological polar surface area (TPSA) is 42.9 Å². The van der Waals surface area contributed by atoms with E-state index in [4.69, 9.17) is 0 Å². The SMILES string of the molecule is Cc1nc(C(=O)Cc2ccccn2)cs1. The Bertz CT molecular complexity index is 464. The molecule has 0 saturated carbocycles. The summed E-state index contributed by atoms with van der Waals surface area (Å²) in [5.41, 5.74) is 1.33. The normalized spacial score (nSPS) is 10.2. The molecule has 15 heavy (non-hydrogen) atoms. The molecule has 0 fully saturated rings. The van der Waals surface area contributed by atoms with Crippen molar-refractivity contribution in [1.29, 1.82) is 0 Å². The van der Waals surface area contributed by atoms with E-state index in [-0.39, 0.29) is 5.78 Å². The molecule has 0 aromatic carbocycles. The molecule has 0 aliphatic heterocycles. The van der Waals surface area contributed by atoms with Crippen LogP contribution in [0.5, 0.6) is 0 Å². The molecular weight excluding hydrogens is 208 g/mol. The Balaban J connectivity index is 2.11. The molecule has 3 nitrogen and oxygen atoms in total. The first-order valence-electron chi connectivity index (χ1n) is 4.61. The number of Topliss-reactive ketones (excluding diaryl/α,β-unsaturated/α-hetero) is 1. The minimum atomic E-state index is 0.0260. The van der Waals surface area contributed by atoms with Crippen LogP contribution in [0.3, 0.4) is 0 Å². The van der Waals surface area contributed by atoms with Crippen molar-refractivity contribution in [3.05, 3.63) is 46.2 Å². The number of hydrogen-bond acceptors (Lipinski definition) is 4. The van der Waals surface area contributed by atoms with Gasteiger partial charge in [-0.2, -0.15) is 0 Å². The van der Waals surface area contributed by atoms with Gasteiger partial charge in [-0.25, -0.2) is 4.98 Å². The highest BCUT2D eigenvalue weighted by molar-refractivity contribution is 7.09. The van der Waals surface area contributed by atoms with Gasteiger partial charge < -0.3 is 0 Å². The smallest absolute Gasteiger partial charge is 0.187 e. The highest BCUT2D eigenvalue weighted by Crippen LogP contribution is 2.10. The molecule has 0 aliphatic carbocycles. The van der Waals surface area contributed by atoms with Crippen molar-refractivity contribution in [1.82, 2.24) is 9.97 Å². The number of aromatic nitrogens is 2. The van der Waals surface area contributed by atoms with Crippen molar-refractivity contribution in [3.63, 3.8) is 0 Å². The van der Waals surface area contributed by atoms with E-state index in [2.05, 4.69) is 9.97 Å². The fraction of sp³-hybridized carbons (Fsp3) is 0.182. The second-order valence-electron chi connectivity index (χ2n) is 3.17. The number of thiazole rings is 1. The first kappa shape index (κ1) is 9.98. The Morgan fingerprint density at radius 3 is 2.93 bits per heavy atom. The van der Waals surface area contributed by atoms with Gasteiger partial charge in [0.1, 0.15) is 5.69 Å². The maximum Gasteiger partial charge on any atom is 0.187 e. The Hall–Kier alpha value is -1.55. The van der Waals surface area contributed by atoms with Crippen molar-refractivity contribution >= 4 is 17.1 Å². The summed E-state index contributed by atoms with van der Waals surface area (Å²) in [4.78, 5) is 20.0. The number of ketones is 1. The number of carbonyl (C=O) groups is 1. The van der Waals surface area contributed by atoms with Crippen LogP contribution in [-0.2, 0) is 6.42 Å². The Morgan fingerprint density at radius 1 is 1.47 bits per heavy atom. The summed E-state index contributed by atoms with van der Waals surface area (Å²) in [7, 11) is 0. The molecular formula is C11H10N2OS. The largest absolute Gasteiger partial charge is 0.292 e. The Morgan fingerprint density at radius 2 is 2.33 bits per heavy atom. The molecule has 76 valence electrons. The third-order valence-electron chi connectivity index (χ3n) is 1.97. The van der Waals surface area contributed by atoms with Crippen LogP contribution in [0.1, 0.15) is 21.2 Å². The summed E-state index contributed by atoms with van der Waals surface area (Å²) in [5, 5.41) is 2.71. The summed E-state index contributed by atoms with van der Waals surface area (Å²) in [6, 6.07) is 5.56. The maximum atomic E-state index is 11.7. The molecule has 2 aromatic heterocycles. The second kappa shape index (κ2) is 4.31. The summed E-state index contributed by atoms with van der Waals surface area (Å²) >= 11 is 1.49. The minimum Gasteiger partial charge on any atom is -0.292 e. The minimum absolute atomic E-state index is 0.0260. The summed E-state index contributed by atoms with van der Waals surface area (Å²) in [6.07, 6.45) is 2.01. The van der Waals surface area contributed by atoms with E-state index in [1.54, 1.807) is 11.6 Å². The predicted molar refractivity (Wildman–Crippen MR) is 59.1 cm³/mol. The van der Waals surface area contributed by atoms with E-state index in [1.807, 2.05) is 25.1 Å². The van der Waals surface area contributed by atoms with E-state index in [9.17, 15) is 4.79 Å². The zero-order valence-electron chi connectivity index (χ0n) is 8.30. The number of hydrogen-bond donors (Lipinski definition) is 0. The van der Waals surface area contributed by atoms with Gasteiger partial charge in [0, 0.05) is 17.3 Å². The van der Waals surface area contributed by atoms with Gasteiger partial charge in [-0.15, -0.1) is 11.3 Å². The lowest BCUT2D eigenvalue weighted by molar-refractivity contribution is 0.0987. The first-order chi connectivity index (χ1) is 7.25. The van der Waals surface area contributed by atoms with E-state index in [0.29, 0.717) is 12.1 Å². The van der Waals surface area contributed by atoms with Gasteiger partial charge in [-0.3, -0.25) is 9.78 Å². The van der Waals surface area contributed by atoms with Crippen molar-refractivity contribution in [3.8, 4) is 0 Å². The number of nitrogens with zero attached hydrogens (tertiary/aromatic N) is 2. The fourth-order valence-corrected chi connectivity index (χ4v) is 1.87. The maximum absolute atomic E-state index is 11.7. The van der Waals surface area contributed by atoms with Crippen molar-refractivity contribution in [2.24, 2.45) is 0 Å². The molecule has 2 rings (SSSR count). The Kier molecular flexibility index (Phi) is 2.87. The predicted octanol–water partition coefficient (Wildman–Crippen LogP) is 2.27. The molecule has 0 N–H and O–H groups in total. The zero-order chi connectivity index (χ0) is 10.7. The standard InChI is InChI=1S/C11H10N2OS/c1-8-13-10(7-15-8)11(14)6-9-4-2-3-5-12-9/h2-5,7H,6H2,1H3. The van der Waals surface area contributed by atoms with Crippen LogP contribution in [0.2, 0.25) is 0 Å². The molecule has 0 saturated heterocycles. The monoisotopic (exact) mass is 218 g/mol. The molecule has 0 aliphatic rings.